The van der Waals surface area contributed by atoms with Crippen LogP contribution in [0.3, 0.4) is 0 Å². The van der Waals surface area contributed by atoms with E-state index in [1.807, 2.05) is 0 Å². The number of carbonyl (C=O) groups excluding carboxylic acids is 2. The molecule has 0 aliphatic heterocycles. The van der Waals surface area contributed by atoms with Gasteiger partial charge in [0.15, 0.2) is 0 Å². The lowest BCUT2D eigenvalue weighted by Gasteiger charge is -2.29. The Labute approximate surface area is 243 Å². The van der Waals surface area contributed by atoms with Crippen molar-refractivity contribution < 1.29 is 23.5 Å². The zero-order valence-corrected chi connectivity index (χ0v) is 26.9. The van der Waals surface area contributed by atoms with E-state index in [0.717, 1.165) is 38.8 Å². The molecule has 0 aliphatic rings. The van der Waals surface area contributed by atoms with E-state index in [-0.39, 0.29) is 11.9 Å². The maximum absolute atomic E-state index is 12.0. The molecule has 0 unspecified atom stereocenters. The maximum Gasteiger partial charge on any atom is 0.305 e. The second-order valence-electron chi connectivity index (χ2n) is 12.4. The minimum atomic E-state index is -0.0793. The van der Waals surface area contributed by atoms with Gasteiger partial charge in [0.05, 0.1) is 14.1 Å². The van der Waals surface area contributed by atoms with Crippen molar-refractivity contribution in [2.75, 3.05) is 40.4 Å². The smallest absolute Gasteiger partial charge is 0.305 e. The Balaban J connectivity index is 3.54. The molecule has 5 nitrogen and oxygen atoms in total. The summed E-state index contributed by atoms with van der Waals surface area (Å²) < 4.78 is 11.6. The summed E-state index contributed by atoms with van der Waals surface area (Å²) in [4.78, 5) is 24.1. The number of quaternary nitrogens is 1. The Kier molecular flexibility index (Phi) is 27.6. The number of hydrogen-bond acceptors (Lipinski definition) is 4. The fourth-order valence-corrected chi connectivity index (χ4v) is 4.94. The summed E-state index contributed by atoms with van der Waals surface area (Å²) in [6.07, 6.45) is 29.3. The molecule has 0 radical (unpaired) electrons. The lowest BCUT2D eigenvalue weighted by molar-refractivity contribution is -0.890. The summed E-state index contributed by atoms with van der Waals surface area (Å²) in [5, 5.41) is 0. The quantitative estimate of drug-likeness (QED) is 0.0504. The normalized spacial score (nSPS) is 11.6. The largest absolute Gasteiger partial charge is 0.460 e. The average molecular weight is 555 g/mol. The highest BCUT2D eigenvalue weighted by Crippen LogP contribution is 2.13. The van der Waals surface area contributed by atoms with Crippen molar-refractivity contribution >= 4 is 11.9 Å². The number of esters is 2. The van der Waals surface area contributed by atoms with Gasteiger partial charge in [-0.05, 0) is 12.8 Å². The molecule has 0 saturated heterocycles. The summed E-state index contributed by atoms with van der Waals surface area (Å²) in [7, 11) is 4.19. The van der Waals surface area contributed by atoms with Crippen LogP contribution in [-0.4, -0.2) is 56.8 Å². The van der Waals surface area contributed by atoms with Gasteiger partial charge in [-0.2, -0.15) is 0 Å². The molecule has 0 heterocycles. The van der Waals surface area contributed by atoms with E-state index in [4.69, 9.17) is 9.47 Å². The Hall–Kier alpha value is -1.10. The molecule has 0 rings (SSSR count). The Bertz CT molecular complexity index is 503. The number of ether oxygens (including phenoxy) is 2. The topological polar surface area (TPSA) is 52.6 Å². The van der Waals surface area contributed by atoms with Gasteiger partial charge in [-0.1, -0.05) is 142 Å². The third kappa shape index (κ3) is 29.7. The van der Waals surface area contributed by atoms with E-state index in [1.165, 1.54) is 116 Å². The van der Waals surface area contributed by atoms with Crippen LogP contribution in [-0.2, 0) is 19.1 Å². The van der Waals surface area contributed by atoms with Crippen LogP contribution in [0.1, 0.15) is 168 Å². The van der Waals surface area contributed by atoms with Gasteiger partial charge in [0.1, 0.15) is 26.3 Å². The zero-order chi connectivity index (χ0) is 28.9. The molecule has 0 saturated carbocycles. The van der Waals surface area contributed by atoms with E-state index in [9.17, 15) is 9.59 Å². The summed E-state index contributed by atoms with van der Waals surface area (Å²) in [6, 6.07) is 0. The first-order valence-electron chi connectivity index (χ1n) is 17.0. The van der Waals surface area contributed by atoms with Crippen molar-refractivity contribution in [3.63, 3.8) is 0 Å². The van der Waals surface area contributed by atoms with Crippen molar-refractivity contribution in [3.8, 4) is 0 Å². The number of nitrogens with zero attached hydrogens (tertiary/aromatic N) is 1. The fourth-order valence-electron chi connectivity index (χ4n) is 4.94. The van der Waals surface area contributed by atoms with Gasteiger partial charge in [-0.25, -0.2) is 0 Å². The fraction of sp³-hybridized carbons (Fsp3) is 0.941. The molecule has 0 spiro atoms. The van der Waals surface area contributed by atoms with Gasteiger partial charge >= 0.3 is 11.9 Å². The molecule has 0 aromatic heterocycles. The SMILES string of the molecule is CCCCCCCCCCCCCC(=O)OCC[N+](C)(C)CCOC(=O)CCCCCCCCCCCCC. The number of hydrogen-bond donors (Lipinski definition) is 0. The van der Waals surface area contributed by atoms with Crippen LogP contribution in [0.25, 0.3) is 0 Å². The van der Waals surface area contributed by atoms with Crippen molar-refractivity contribution in [2.24, 2.45) is 0 Å². The van der Waals surface area contributed by atoms with E-state index in [0.29, 0.717) is 30.5 Å². The zero-order valence-electron chi connectivity index (χ0n) is 26.9. The Morgan fingerprint density at radius 1 is 0.436 bits per heavy atom. The standard InChI is InChI=1S/C34H68NO4/c1-5-7-9-11-13-15-17-19-21-23-25-27-33(36)38-31-29-35(3,4)30-32-39-34(37)28-26-24-22-20-18-16-14-12-10-8-6-2/h5-32H2,1-4H3/q+1. The molecule has 0 amide bonds. The highest BCUT2D eigenvalue weighted by Gasteiger charge is 2.17. The number of likely N-dealkylation sites (N-methyl/N-ethyl adjacent to an activating group) is 1. The molecular weight excluding hydrogens is 486 g/mol. The van der Waals surface area contributed by atoms with Gasteiger partial charge < -0.3 is 14.0 Å². The van der Waals surface area contributed by atoms with Gasteiger partial charge in [0.25, 0.3) is 0 Å². The third-order valence-electron chi connectivity index (χ3n) is 7.89. The summed E-state index contributed by atoms with van der Waals surface area (Å²) in [5.41, 5.74) is 0. The minimum absolute atomic E-state index is 0.0793. The first-order chi connectivity index (χ1) is 18.9. The molecule has 0 aromatic rings. The summed E-state index contributed by atoms with van der Waals surface area (Å²) >= 11 is 0. The van der Waals surface area contributed by atoms with Crippen LogP contribution < -0.4 is 0 Å². The molecular formula is C34H68NO4+. The maximum atomic E-state index is 12.0. The van der Waals surface area contributed by atoms with Gasteiger partial charge in [0.2, 0.25) is 0 Å². The van der Waals surface area contributed by atoms with Crippen molar-refractivity contribution in [1.29, 1.82) is 0 Å². The monoisotopic (exact) mass is 555 g/mol. The van der Waals surface area contributed by atoms with Crippen LogP contribution in [0.5, 0.6) is 0 Å². The van der Waals surface area contributed by atoms with Gasteiger partial charge in [-0.15, -0.1) is 0 Å². The molecule has 0 N–H and O–H groups in total. The predicted octanol–water partition coefficient (Wildman–Crippen LogP) is 9.55. The molecule has 0 aromatic carbocycles. The van der Waals surface area contributed by atoms with Crippen LogP contribution in [0.4, 0.5) is 0 Å². The van der Waals surface area contributed by atoms with Crippen molar-refractivity contribution in [1.82, 2.24) is 0 Å². The molecule has 5 heteroatoms. The van der Waals surface area contributed by atoms with Gasteiger partial charge in [-0.3, -0.25) is 9.59 Å². The van der Waals surface area contributed by atoms with Crippen LogP contribution in [0.15, 0.2) is 0 Å². The molecule has 0 aliphatic carbocycles. The molecule has 0 atom stereocenters. The lowest BCUT2D eigenvalue weighted by atomic mass is 10.1. The minimum Gasteiger partial charge on any atom is -0.460 e. The number of carbonyl (C=O) groups is 2. The summed E-state index contributed by atoms with van der Waals surface area (Å²) in [6.45, 7) is 6.85. The van der Waals surface area contributed by atoms with Crippen molar-refractivity contribution in [2.45, 2.75) is 168 Å². The molecule has 0 bridgehead atoms. The molecule has 39 heavy (non-hydrogen) atoms. The van der Waals surface area contributed by atoms with Crippen LogP contribution in [0, 0.1) is 0 Å². The Morgan fingerprint density at radius 2 is 0.692 bits per heavy atom. The predicted molar refractivity (Wildman–Crippen MR) is 166 cm³/mol. The number of unbranched alkanes of at least 4 members (excludes halogenated alkanes) is 20. The third-order valence-corrected chi connectivity index (χ3v) is 7.89. The highest BCUT2D eigenvalue weighted by atomic mass is 16.5. The van der Waals surface area contributed by atoms with E-state index < -0.39 is 0 Å². The van der Waals surface area contributed by atoms with Crippen LogP contribution in [0.2, 0.25) is 0 Å². The summed E-state index contributed by atoms with van der Waals surface area (Å²) in [5.74, 6) is -0.159. The Morgan fingerprint density at radius 3 is 0.974 bits per heavy atom. The van der Waals surface area contributed by atoms with E-state index in [1.54, 1.807) is 0 Å². The lowest BCUT2D eigenvalue weighted by Crippen LogP contribution is -2.45. The van der Waals surface area contributed by atoms with Gasteiger partial charge in [0, 0.05) is 12.8 Å². The highest BCUT2D eigenvalue weighted by molar-refractivity contribution is 5.69. The first-order valence-corrected chi connectivity index (χ1v) is 17.0. The van der Waals surface area contributed by atoms with E-state index in [2.05, 4.69) is 27.9 Å². The molecule has 232 valence electrons. The number of rotatable bonds is 30. The average Bonchev–Trinajstić information content (AvgIpc) is 2.90. The second kappa shape index (κ2) is 28.4. The second-order valence-corrected chi connectivity index (χ2v) is 12.4. The van der Waals surface area contributed by atoms with Crippen LogP contribution >= 0.6 is 0 Å². The van der Waals surface area contributed by atoms with Crippen molar-refractivity contribution in [3.05, 3.63) is 0 Å². The first kappa shape index (κ1) is 37.9. The molecule has 0 fully saturated rings. The van der Waals surface area contributed by atoms with E-state index >= 15 is 0 Å².